The van der Waals surface area contributed by atoms with Gasteiger partial charge in [-0.1, -0.05) is 6.07 Å². The van der Waals surface area contributed by atoms with E-state index in [1.807, 2.05) is 6.92 Å². The third kappa shape index (κ3) is 1.65. The zero-order chi connectivity index (χ0) is 14.4. The molecule has 0 saturated carbocycles. The molecule has 1 aromatic carbocycles. The Labute approximate surface area is 115 Å². The van der Waals surface area contributed by atoms with E-state index < -0.39 is 17.7 Å². The van der Waals surface area contributed by atoms with Crippen LogP contribution in [0.3, 0.4) is 0 Å². The first kappa shape index (κ1) is 12.8. The van der Waals surface area contributed by atoms with Crippen molar-refractivity contribution in [2.24, 2.45) is 5.92 Å². The Morgan fingerprint density at radius 2 is 2.10 bits per heavy atom. The number of nitrogens with zero attached hydrogens (tertiary/aromatic N) is 1. The van der Waals surface area contributed by atoms with Crippen LogP contribution in [0.15, 0.2) is 18.2 Å². The molecule has 0 bridgehead atoms. The molecule has 3 rings (SSSR count). The van der Waals surface area contributed by atoms with Gasteiger partial charge in [-0.2, -0.15) is 0 Å². The summed E-state index contributed by atoms with van der Waals surface area (Å²) in [5.74, 6) is -1.96. The van der Waals surface area contributed by atoms with Crippen molar-refractivity contribution in [2.45, 2.75) is 19.4 Å². The minimum absolute atomic E-state index is 0.0378. The van der Waals surface area contributed by atoms with Crippen molar-refractivity contribution in [1.29, 1.82) is 0 Å². The SMILES string of the molecule is CC1NCCC1C(=O)N1C(=O)c2cccc(N)c2C1=O. The minimum Gasteiger partial charge on any atom is -0.398 e. The van der Waals surface area contributed by atoms with Gasteiger partial charge >= 0.3 is 0 Å². The van der Waals surface area contributed by atoms with Crippen molar-refractivity contribution in [3.8, 4) is 0 Å². The predicted molar refractivity (Wildman–Crippen MR) is 71.9 cm³/mol. The minimum atomic E-state index is -0.604. The molecule has 0 radical (unpaired) electrons. The second-order valence-electron chi connectivity index (χ2n) is 5.19. The lowest BCUT2D eigenvalue weighted by atomic mass is 10.0. The highest BCUT2D eigenvalue weighted by Gasteiger charge is 2.45. The Bertz CT molecular complexity index is 626. The zero-order valence-electron chi connectivity index (χ0n) is 11.1. The maximum Gasteiger partial charge on any atom is 0.270 e. The highest BCUT2D eigenvalue weighted by molar-refractivity contribution is 6.30. The van der Waals surface area contributed by atoms with E-state index in [0.717, 1.165) is 4.90 Å². The van der Waals surface area contributed by atoms with Gasteiger partial charge in [-0.05, 0) is 32.0 Å². The molecule has 1 fully saturated rings. The summed E-state index contributed by atoms with van der Waals surface area (Å²) in [6, 6.07) is 4.64. The maximum absolute atomic E-state index is 12.5. The van der Waals surface area contributed by atoms with Gasteiger partial charge in [-0.15, -0.1) is 0 Å². The van der Waals surface area contributed by atoms with Gasteiger partial charge in [-0.3, -0.25) is 14.4 Å². The Hall–Kier alpha value is -2.21. The van der Waals surface area contributed by atoms with E-state index in [4.69, 9.17) is 5.73 Å². The highest BCUT2D eigenvalue weighted by atomic mass is 16.2. The number of amides is 3. The van der Waals surface area contributed by atoms with Crippen LogP contribution in [0.25, 0.3) is 0 Å². The van der Waals surface area contributed by atoms with Crippen molar-refractivity contribution in [2.75, 3.05) is 12.3 Å². The topological polar surface area (TPSA) is 92.5 Å². The number of hydrogen-bond acceptors (Lipinski definition) is 5. The van der Waals surface area contributed by atoms with Crippen molar-refractivity contribution >= 4 is 23.4 Å². The van der Waals surface area contributed by atoms with E-state index in [1.54, 1.807) is 12.1 Å². The van der Waals surface area contributed by atoms with Crippen molar-refractivity contribution in [3.63, 3.8) is 0 Å². The summed E-state index contributed by atoms with van der Waals surface area (Å²) >= 11 is 0. The molecule has 1 aromatic rings. The molecule has 6 heteroatoms. The molecule has 6 nitrogen and oxygen atoms in total. The number of anilines is 1. The fraction of sp³-hybridized carbons (Fsp3) is 0.357. The summed E-state index contributed by atoms with van der Waals surface area (Å²) in [6.45, 7) is 2.59. The van der Waals surface area contributed by atoms with Gasteiger partial charge in [0.25, 0.3) is 11.8 Å². The first-order chi connectivity index (χ1) is 9.52. The number of benzene rings is 1. The van der Waals surface area contributed by atoms with Crippen LogP contribution in [0.1, 0.15) is 34.1 Å². The van der Waals surface area contributed by atoms with Gasteiger partial charge in [0.15, 0.2) is 0 Å². The second-order valence-corrected chi connectivity index (χ2v) is 5.19. The van der Waals surface area contributed by atoms with Gasteiger partial charge in [0.1, 0.15) is 0 Å². The van der Waals surface area contributed by atoms with E-state index in [1.165, 1.54) is 6.07 Å². The summed E-state index contributed by atoms with van der Waals surface area (Å²) in [4.78, 5) is 37.8. The number of imide groups is 3. The number of nitrogen functional groups attached to an aromatic ring is 1. The number of nitrogens with one attached hydrogen (secondary N) is 1. The molecule has 2 unspecified atom stereocenters. The first-order valence-electron chi connectivity index (χ1n) is 6.57. The molecule has 0 aliphatic carbocycles. The Kier molecular flexibility index (Phi) is 2.83. The molecule has 2 atom stereocenters. The van der Waals surface area contributed by atoms with Crippen LogP contribution in [0.2, 0.25) is 0 Å². The average molecular weight is 273 g/mol. The second kappa shape index (κ2) is 4.42. The molecular formula is C14H15N3O3. The third-order valence-electron chi connectivity index (χ3n) is 4.01. The smallest absolute Gasteiger partial charge is 0.270 e. The Balaban J connectivity index is 1.98. The molecule has 2 heterocycles. The molecule has 3 amide bonds. The van der Waals surface area contributed by atoms with Crippen molar-refractivity contribution < 1.29 is 14.4 Å². The first-order valence-corrected chi connectivity index (χ1v) is 6.57. The van der Waals surface area contributed by atoms with Crippen LogP contribution in [0.5, 0.6) is 0 Å². The molecule has 1 saturated heterocycles. The largest absolute Gasteiger partial charge is 0.398 e. The van der Waals surface area contributed by atoms with Crippen molar-refractivity contribution in [3.05, 3.63) is 29.3 Å². The van der Waals surface area contributed by atoms with Gasteiger partial charge in [-0.25, -0.2) is 4.90 Å². The number of carbonyl (C=O) groups is 3. The Morgan fingerprint density at radius 1 is 1.35 bits per heavy atom. The van der Waals surface area contributed by atoms with Crippen molar-refractivity contribution in [1.82, 2.24) is 10.2 Å². The lowest BCUT2D eigenvalue weighted by Gasteiger charge is -2.19. The number of rotatable bonds is 1. The van der Waals surface area contributed by atoms with Crippen LogP contribution in [0, 0.1) is 5.92 Å². The fourth-order valence-electron chi connectivity index (χ4n) is 2.87. The average Bonchev–Trinajstić information content (AvgIpc) is 2.93. The molecule has 0 spiro atoms. The quantitative estimate of drug-likeness (QED) is 0.570. The van der Waals surface area contributed by atoms with E-state index in [2.05, 4.69) is 5.32 Å². The van der Waals surface area contributed by atoms with E-state index in [9.17, 15) is 14.4 Å². The number of fused-ring (bicyclic) bond motifs is 1. The molecule has 20 heavy (non-hydrogen) atoms. The number of carbonyl (C=O) groups excluding carboxylic acids is 3. The van der Waals surface area contributed by atoms with Crippen LogP contribution < -0.4 is 11.1 Å². The van der Waals surface area contributed by atoms with Crippen LogP contribution in [-0.4, -0.2) is 35.2 Å². The fourth-order valence-corrected chi connectivity index (χ4v) is 2.87. The molecule has 2 aliphatic rings. The summed E-state index contributed by atoms with van der Waals surface area (Å²) in [5, 5.41) is 3.14. The van der Waals surface area contributed by atoms with Gasteiger partial charge in [0.05, 0.1) is 17.0 Å². The third-order valence-corrected chi connectivity index (χ3v) is 4.01. The van der Waals surface area contributed by atoms with Gasteiger partial charge in [0.2, 0.25) is 5.91 Å². The van der Waals surface area contributed by atoms with Crippen LogP contribution in [0.4, 0.5) is 5.69 Å². The molecule has 3 N–H and O–H groups in total. The van der Waals surface area contributed by atoms with E-state index in [0.29, 0.717) is 13.0 Å². The van der Waals surface area contributed by atoms with Crippen LogP contribution in [-0.2, 0) is 4.79 Å². The monoisotopic (exact) mass is 273 g/mol. The predicted octanol–water partition coefficient (Wildman–Crippen LogP) is 0.389. The lowest BCUT2D eigenvalue weighted by Crippen LogP contribution is -2.43. The van der Waals surface area contributed by atoms with Gasteiger partial charge < -0.3 is 11.1 Å². The molecule has 0 aromatic heterocycles. The normalized spacial score (nSPS) is 25.1. The van der Waals surface area contributed by atoms with E-state index in [-0.39, 0.29) is 28.8 Å². The standard InChI is InChI=1S/C14H15N3O3/c1-7-8(5-6-16-7)12(18)17-13(19)9-3-2-4-10(15)11(9)14(17)20/h2-4,7-8,16H,5-6,15H2,1H3. The lowest BCUT2D eigenvalue weighted by molar-refractivity contribution is -0.130. The zero-order valence-corrected chi connectivity index (χ0v) is 11.1. The summed E-state index contributed by atoms with van der Waals surface area (Å²) in [5.41, 5.74) is 6.33. The molecule has 104 valence electrons. The summed E-state index contributed by atoms with van der Waals surface area (Å²) < 4.78 is 0. The van der Waals surface area contributed by atoms with Crippen LogP contribution >= 0.6 is 0 Å². The summed E-state index contributed by atoms with van der Waals surface area (Å²) in [7, 11) is 0. The number of nitrogens with two attached hydrogens (primary N) is 1. The summed E-state index contributed by atoms with van der Waals surface area (Å²) in [6.07, 6.45) is 0.628. The molecule has 2 aliphatic heterocycles. The van der Waals surface area contributed by atoms with Gasteiger partial charge in [0, 0.05) is 11.7 Å². The number of hydrogen-bond donors (Lipinski definition) is 2. The molecular weight excluding hydrogens is 258 g/mol. The highest BCUT2D eigenvalue weighted by Crippen LogP contribution is 2.30. The van der Waals surface area contributed by atoms with E-state index >= 15 is 0 Å². The Morgan fingerprint density at radius 3 is 2.70 bits per heavy atom. The maximum atomic E-state index is 12.5.